The van der Waals surface area contributed by atoms with Crippen molar-refractivity contribution in [2.75, 3.05) is 31.6 Å². The smallest absolute Gasteiger partial charge is 0.191 e. The van der Waals surface area contributed by atoms with Gasteiger partial charge in [0.1, 0.15) is 0 Å². The Hall–Kier alpha value is -2.01. The van der Waals surface area contributed by atoms with Crippen LogP contribution in [-0.4, -0.2) is 38.7 Å². The van der Waals surface area contributed by atoms with Crippen LogP contribution in [-0.2, 0) is 6.42 Å². The van der Waals surface area contributed by atoms with E-state index in [1.54, 1.807) is 0 Å². The Balaban J connectivity index is 1.40. The van der Waals surface area contributed by atoms with Gasteiger partial charge < -0.3 is 15.5 Å². The first-order valence-corrected chi connectivity index (χ1v) is 9.94. The van der Waals surface area contributed by atoms with Gasteiger partial charge in [0.05, 0.1) is 5.00 Å². The zero-order chi connectivity index (χ0) is 17.5. The number of guanidine groups is 1. The molecule has 0 atom stereocenters. The molecule has 0 saturated carbocycles. The first-order chi connectivity index (χ1) is 12.2. The minimum atomic E-state index is 0.502. The van der Waals surface area contributed by atoms with Gasteiger partial charge in [-0.1, -0.05) is 29.8 Å². The topological polar surface area (TPSA) is 39.7 Å². The Morgan fingerprint density at radius 1 is 1.20 bits per heavy atom. The van der Waals surface area contributed by atoms with Crippen molar-refractivity contribution in [2.24, 2.45) is 4.99 Å². The average molecular weight is 357 g/mol. The zero-order valence-corrected chi connectivity index (χ0v) is 16.0. The molecule has 5 heteroatoms. The van der Waals surface area contributed by atoms with Gasteiger partial charge in [0.2, 0.25) is 0 Å². The molecule has 3 rings (SSSR count). The van der Waals surface area contributed by atoms with Gasteiger partial charge in [-0.15, -0.1) is 11.3 Å². The molecule has 2 aromatic rings. The highest BCUT2D eigenvalue weighted by molar-refractivity contribution is 7.14. The fourth-order valence-corrected chi connectivity index (χ4v) is 3.95. The molecule has 0 aliphatic carbocycles. The third-order valence-corrected chi connectivity index (χ3v) is 5.63. The molecule has 0 unspecified atom stereocenters. The van der Waals surface area contributed by atoms with E-state index >= 15 is 0 Å². The highest BCUT2D eigenvalue weighted by atomic mass is 32.1. The van der Waals surface area contributed by atoms with E-state index in [1.807, 2.05) is 18.4 Å². The molecule has 1 fully saturated rings. The van der Waals surface area contributed by atoms with Gasteiger partial charge in [-0.3, -0.25) is 4.99 Å². The summed E-state index contributed by atoms with van der Waals surface area (Å²) in [4.78, 5) is 6.86. The number of hydrogen-bond acceptors (Lipinski definition) is 3. The molecule has 0 amide bonds. The van der Waals surface area contributed by atoms with Gasteiger partial charge in [-0.2, -0.15) is 0 Å². The Kier molecular flexibility index (Phi) is 6.34. The number of nitrogens with zero attached hydrogens (tertiary/aromatic N) is 2. The number of nitrogens with one attached hydrogen (secondary N) is 2. The van der Waals surface area contributed by atoms with Crippen LogP contribution in [0.1, 0.15) is 24.0 Å². The van der Waals surface area contributed by atoms with Crippen molar-refractivity contribution < 1.29 is 0 Å². The molecule has 0 radical (unpaired) electrons. The lowest BCUT2D eigenvalue weighted by Gasteiger charge is -2.33. The van der Waals surface area contributed by atoms with E-state index in [0.717, 1.165) is 44.9 Å². The third-order valence-electron chi connectivity index (χ3n) is 4.70. The summed E-state index contributed by atoms with van der Waals surface area (Å²) in [6, 6.07) is 13.6. The Morgan fingerprint density at radius 3 is 2.60 bits per heavy atom. The van der Waals surface area contributed by atoms with Crippen molar-refractivity contribution in [3.8, 4) is 0 Å². The van der Waals surface area contributed by atoms with Crippen LogP contribution < -0.4 is 15.5 Å². The minimum absolute atomic E-state index is 0.502. The van der Waals surface area contributed by atoms with Gasteiger partial charge in [0.15, 0.2) is 5.96 Å². The highest BCUT2D eigenvalue weighted by Crippen LogP contribution is 2.24. The molecular formula is C20H28N4S. The summed E-state index contributed by atoms with van der Waals surface area (Å²) in [5, 5.41) is 10.6. The van der Waals surface area contributed by atoms with Crippen molar-refractivity contribution in [1.29, 1.82) is 0 Å². The maximum Gasteiger partial charge on any atom is 0.191 e. The zero-order valence-electron chi connectivity index (χ0n) is 15.2. The molecule has 25 heavy (non-hydrogen) atoms. The van der Waals surface area contributed by atoms with E-state index in [0.29, 0.717) is 6.04 Å². The molecule has 1 saturated heterocycles. The van der Waals surface area contributed by atoms with E-state index in [2.05, 4.69) is 69.2 Å². The van der Waals surface area contributed by atoms with Crippen LogP contribution >= 0.6 is 11.3 Å². The number of anilines is 1. The van der Waals surface area contributed by atoms with Crippen molar-refractivity contribution in [1.82, 2.24) is 10.6 Å². The minimum Gasteiger partial charge on any atom is -0.363 e. The molecule has 1 aromatic carbocycles. The lowest BCUT2D eigenvalue weighted by molar-refractivity contribution is 0.463. The quantitative estimate of drug-likeness (QED) is 0.637. The van der Waals surface area contributed by atoms with E-state index < -0.39 is 0 Å². The van der Waals surface area contributed by atoms with Crippen LogP contribution in [0.5, 0.6) is 0 Å². The van der Waals surface area contributed by atoms with Gasteiger partial charge >= 0.3 is 0 Å². The van der Waals surface area contributed by atoms with Crippen molar-refractivity contribution in [3.05, 3.63) is 52.9 Å². The fourth-order valence-electron chi connectivity index (χ4n) is 3.16. The van der Waals surface area contributed by atoms with Crippen molar-refractivity contribution in [2.45, 2.75) is 32.2 Å². The number of aryl methyl sites for hydroxylation is 1. The molecule has 134 valence electrons. The van der Waals surface area contributed by atoms with E-state index in [-0.39, 0.29) is 0 Å². The number of thiophene rings is 1. The second-order valence-corrected chi connectivity index (χ2v) is 7.52. The first-order valence-electron chi connectivity index (χ1n) is 9.06. The Labute approximate surface area is 155 Å². The summed E-state index contributed by atoms with van der Waals surface area (Å²) in [7, 11) is 1.85. The number of aliphatic imine (C=N–C) groups is 1. The summed E-state index contributed by atoms with van der Waals surface area (Å²) in [5.41, 5.74) is 2.67. The van der Waals surface area contributed by atoms with Crippen molar-refractivity contribution >= 4 is 22.3 Å². The predicted molar refractivity (Wildman–Crippen MR) is 109 cm³/mol. The monoisotopic (exact) mass is 356 g/mol. The molecule has 0 bridgehead atoms. The SMILES string of the molecule is CN=C(NCCc1ccc(C)cc1)NC1CCN(c2cccs2)CC1. The molecule has 1 aliphatic heterocycles. The first kappa shape index (κ1) is 17.8. The molecule has 0 spiro atoms. The van der Waals surface area contributed by atoms with Crippen LogP contribution in [0.25, 0.3) is 0 Å². The molecule has 1 aliphatic rings. The second-order valence-electron chi connectivity index (χ2n) is 6.59. The van der Waals surface area contributed by atoms with E-state index in [4.69, 9.17) is 0 Å². The van der Waals surface area contributed by atoms with Crippen LogP contribution in [0.15, 0.2) is 46.8 Å². The lowest BCUT2D eigenvalue weighted by atomic mass is 10.1. The van der Waals surface area contributed by atoms with Crippen LogP contribution in [0.2, 0.25) is 0 Å². The van der Waals surface area contributed by atoms with Gasteiger partial charge in [0, 0.05) is 32.7 Å². The number of rotatable bonds is 5. The molecular weight excluding hydrogens is 328 g/mol. The predicted octanol–water partition coefficient (Wildman–Crippen LogP) is 3.43. The molecule has 2 heterocycles. The summed E-state index contributed by atoms with van der Waals surface area (Å²) >= 11 is 1.83. The second kappa shape index (κ2) is 8.90. The van der Waals surface area contributed by atoms with Crippen LogP contribution in [0, 0.1) is 6.92 Å². The summed E-state index contributed by atoms with van der Waals surface area (Å²) < 4.78 is 0. The fraction of sp³-hybridized carbons (Fsp3) is 0.450. The van der Waals surface area contributed by atoms with Crippen LogP contribution in [0.4, 0.5) is 5.00 Å². The van der Waals surface area contributed by atoms with Gasteiger partial charge in [-0.05, 0) is 49.3 Å². The third kappa shape index (κ3) is 5.23. The molecule has 1 aromatic heterocycles. The van der Waals surface area contributed by atoms with Crippen LogP contribution in [0.3, 0.4) is 0 Å². The van der Waals surface area contributed by atoms with Crippen molar-refractivity contribution in [3.63, 3.8) is 0 Å². The number of hydrogen-bond donors (Lipinski definition) is 2. The van der Waals surface area contributed by atoms with E-state index in [9.17, 15) is 0 Å². The number of piperidine rings is 1. The highest BCUT2D eigenvalue weighted by Gasteiger charge is 2.20. The molecule has 4 nitrogen and oxygen atoms in total. The van der Waals surface area contributed by atoms with Gasteiger partial charge in [0.25, 0.3) is 0 Å². The summed E-state index contributed by atoms with van der Waals surface area (Å²) in [5.74, 6) is 0.918. The number of benzene rings is 1. The van der Waals surface area contributed by atoms with Gasteiger partial charge in [-0.25, -0.2) is 0 Å². The lowest BCUT2D eigenvalue weighted by Crippen LogP contribution is -2.49. The summed E-state index contributed by atoms with van der Waals surface area (Å²) in [6.07, 6.45) is 3.31. The largest absolute Gasteiger partial charge is 0.363 e. The summed E-state index contributed by atoms with van der Waals surface area (Å²) in [6.45, 7) is 5.24. The maximum atomic E-state index is 4.38. The standard InChI is InChI=1S/C20H28N4S/c1-16-5-7-17(8-6-16)9-12-22-20(21-2)23-18-10-13-24(14-11-18)19-4-3-15-25-19/h3-8,15,18H,9-14H2,1-2H3,(H2,21,22,23). The van der Waals surface area contributed by atoms with E-state index in [1.165, 1.54) is 16.1 Å². The maximum absolute atomic E-state index is 4.38. The Morgan fingerprint density at radius 2 is 1.96 bits per heavy atom. The average Bonchev–Trinajstić information content (AvgIpc) is 3.18. The Bertz CT molecular complexity index is 656. The normalized spacial score (nSPS) is 16.1. The molecule has 2 N–H and O–H groups in total.